The van der Waals surface area contributed by atoms with E-state index in [9.17, 15) is 9.90 Å². The highest BCUT2D eigenvalue weighted by atomic mass is 16.3. The fourth-order valence-electron chi connectivity index (χ4n) is 4.18. The molecular weight excluding hydrogens is 200 g/mol. The summed E-state index contributed by atoms with van der Waals surface area (Å²) in [4.78, 5) is 11.9. The number of hydrogen-bond donors (Lipinski definition) is 1. The van der Waals surface area contributed by atoms with Crippen molar-refractivity contribution >= 4 is 5.78 Å². The molecule has 0 amide bonds. The zero-order valence-electron chi connectivity index (χ0n) is 11.0. The van der Waals surface area contributed by atoms with Crippen molar-refractivity contribution in [3.8, 4) is 0 Å². The second kappa shape index (κ2) is 3.32. The molecule has 0 unspecified atom stereocenters. The Morgan fingerprint density at radius 1 is 1.25 bits per heavy atom. The Bertz CT molecular complexity index is 317. The Balaban J connectivity index is 2.39. The first-order valence-corrected chi connectivity index (χ1v) is 6.47. The van der Waals surface area contributed by atoms with Crippen molar-refractivity contribution in [2.45, 2.75) is 65.4 Å². The summed E-state index contributed by atoms with van der Waals surface area (Å²) in [6.07, 6.45) is 4.91. The standard InChI is InChI=1S/C14H24O2/c1-10-8-11(15)13(4,16)14(10)7-5-6-12(2,3)9-14/h10,16H,5-9H2,1-4H3/t10-,13-,14-/m0/s1. The minimum atomic E-state index is -1.09. The minimum Gasteiger partial charge on any atom is -0.382 e. The Morgan fingerprint density at radius 2 is 1.88 bits per heavy atom. The summed E-state index contributed by atoms with van der Waals surface area (Å²) in [5.41, 5.74) is -0.989. The fourth-order valence-corrected chi connectivity index (χ4v) is 4.18. The molecule has 3 atom stereocenters. The van der Waals surface area contributed by atoms with E-state index in [1.54, 1.807) is 6.92 Å². The fraction of sp³-hybridized carbons (Fsp3) is 0.929. The van der Waals surface area contributed by atoms with Crippen molar-refractivity contribution in [1.29, 1.82) is 0 Å². The molecule has 0 bridgehead atoms. The molecule has 2 nitrogen and oxygen atoms in total. The monoisotopic (exact) mass is 224 g/mol. The molecule has 0 aromatic carbocycles. The predicted molar refractivity (Wildman–Crippen MR) is 64.1 cm³/mol. The van der Waals surface area contributed by atoms with Gasteiger partial charge in [0.25, 0.3) is 0 Å². The Kier molecular flexibility index (Phi) is 2.51. The van der Waals surface area contributed by atoms with Crippen molar-refractivity contribution in [3.05, 3.63) is 0 Å². The first-order chi connectivity index (χ1) is 7.21. The zero-order chi connectivity index (χ0) is 12.2. The van der Waals surface area contributed by atoms with Crippen LogP contribution in [0.4, 0.5) is 0 Å². The summed E-state index contributed by atoms with van der Waals surface area (Å²) in [5.74, 6) is 0.382. The molecule has 0 saturated heterocycles. The number of carbonyl (C=O) groups excluding carboxylic acids is 1. The third-order valence-corrected chi connectivity index (χ3v) is 5.22. The van der Waals surface area contributed by atoms with Gasteiger partial charge in [0.1, 0.15) is 5.60 Å². The van der Waals surface area contributed by atoms with E-state index < -0.39 is 5.60 Å². The summed E-state index contributed by atoms with van der Waals surface area (Å²) in [7, 11) is 0. The lowest BCUT2D eigenvalue weighted by Gasteiger charge is -2.50. The SMILES string of the molecule is C[C@H]1CC(=O)[C@](C)(O)[C@]12CCCC(C)(C)C2. The molecule has 0 aromatic rings. The van der Waals surface area contributed by atoms with Crippen molar-refractivity contribution in [2.75, 3.05) is 0 Å². The van der Waals surface area contributed by atoms with E-state index in [2.05, 4.69) is 20.8 Å². The molecule has 2 heteroatoms. The van der Waals surface area contributed by atoms with Gasteiger partial charge in [0.05, 0.1) is 0 Å². The third-order valence-electron chi connectivity index (χ3n) is 5.22. The predicted octanol–water partition coefficient (Wildman–Crippen LogP) is 2.93. The maximum absolute atomic E-state index is 11.9. The topological polar surface area (TPSA) is 37.3 Å². The smallest absolute Gasteiger partial charge is 0.164 e. The number of hydrogen-bond acceptors (Lipinski definition) is 2. The van der Waals surface area contributed by atoms with Crippen LogP contribution >= 0.6 is 0 Å². The van der Waals surface area contributed by atoms with Crippen molar-refractivity contribution < 1.29 is 9.90 Å². The van der Waals surface area contributed by atoms with Crippen LogP contribution in [0.25, 0.3) is 0 Å². The van der Waals surface area contributed by atoms with E-state index in [1.807, 2.05) is 0 Å². The van der Waals surface area contributed by atoms with Gasteiger partial charge in [-0.1, -0.05) is 27.2 Å². The van der Waals surface area contributed by atoms with Gasteiger partial charge >= 0.3 is 0 Å². The van der Waals surface area contributed by atoms with Crippen LogP contribution in [0.1, 0.15) is 59.8 Å². The first kappa shape index (κ1) is 12.1. The largest absolute Gasteiger partial charge is 0.382 e. The van der Waals surface area contributed by atoms with Crippen LogP contribution in [0.2, 0.25) is 0 Å². The summed E-state index contributed by atoms with van der Waals surface area (Å²) in [6, 6.07) is 0. The molecule has 2 aliphatic carbocycles. The molecule has 1 N–H and O–H groups in total. The van der Waals surface area contributed by atoms with Gasteiger partial charge in [0, 0.05) is 11.8 Å². The van der Waals surface area contributed by atoms with Gasteiger partial charge in [-0.15, -0.1) is 0 Å². The van der Waals surface area contributed by atoms with Crippen LogP contribution in [0.5, 0.6) is 0 Å². The van der Waals surface area contributed by atoms with Crippen molar-refractivity contribution in [1.82, 2.24) is 0 Å². The van der Waals surface area contributed by atoms with Gasteiger partial charge in [-0.05, 0) is 37.5 Å². The Morgan fingerprint density at radius 3 is 2.31 bits per heavy atom. The van der Waals surface area contributed by atoms with Gasteiger partial charge in [0.2, 0.25) is 0 Å². The lowest BCUT2D eigenvalue weighted by molar-refractivity contribution is -0.149. The number of ketones is 1. The molecule has 0 heterocycles. The summed E-state index contributed by atoms with van der Waals surface area (Å²) in [6.45, 7) is 8.42. The van der Waals surface area contributed by atoms with Gasteiger partial charge in [-0.25, -0.2) is 0 Å². The van der Waals surface area contributed by atoms with E-state index in [1.165, 1.54) is 6.42 Å². The molecule has 1 spiro atoms. The highest BCUT2D eigenvalue weighted by Crippen LogP contribution is 2.60. The van der Waals surface area contributed by atoms with E-state index in [4.69, 9.17) is 0 Å². The summed E-state index contributed by atoms with van der Waals surface area (Å²) >= 11 is 0. The highest BCUT2D eigenvalue weighted by molar-refractivity contribution is 5.90. The van der Waals surface area contributed by atoms with Crippen molar-refractivity contribution in [3.63, 3.8) is 0 Å². The maximum atomic E-state index is 11.9. The van der Waals surface area contributed by atoms with Crippen LogP contribution in [-0.4, -0.2) is 16.5 Å². The van der Waals surface area contributed by atoms with E-state index in [0.29, 0.717) is 12.3 Å². The van der Waals surface area contributed by atoms with Crippen molar-refractivity contribution in [2.24, 2.45) is 16.7 Å². The highest BCUT2D eigenvalue weighted by Gasteiger charge is 2.62. The number of rotatable bonds is 0. The molecule has 16 heavy (non-hydrogen) atoms. The second-order valence-electron chi connectivity index (χ2n) is 6.95. The van der Waals surface area contributed by atoms with Gasteiger partial charge in [-0.2, -0.15) is 0 Å². The zero-order valence-corrected chi connectivity index (χ0v) is 11.0. The van der Waals surface area contributed by atoms with Gasteiger partial charge < -0.3 is 5.11 Å². The number of carbonyl (C=O) groups is 1. The maximum Gasteiger partial charge on any atom is 0.164 e. The molecular formula is C14H24O2. The van der Waals surface area contributed by atoms with E-state index >= 15 is 0 Å². The Labute approximate surface area is 98.4 Å². The van der Waals surface area contributed by atoms with Crippen LogP contribution in [0, 0.1) is 16.7 Å². The molecule has 2 rings (SSSR count). The van der Waals surface area contributed by atoms with Crippen LogP contribution in [-0.2, 0) is 4.79 Å². The number of aliphatic hydroxyl groups is 1. The van der Waals surface area contributed by atoms with Crippen LogP contribution < -0.4 is 0 Å². The summed E-state index contributed by atoms with van der Waals surface area (Å²) < 4.78 is 0. The molecule has 92 valence electrons. The lowest BCUT2D eigenvalue weighted by Crippen LogP contribution is -2.51. The van der Waals surface area contributed by atoms with Gasteiger partial charge in [-0.3, -0.25) is 4.79 Å². The normalized spacial score (nSPS) is 47.6. The quantitative estimate of drug-likeness (QED) is 0.687. The molecule has 0 radical (unpaired) electrons. The average molecular weight is 224 g/mol. The molecule has 0 aromatic heterocycles. The van der Waals surface area contributed by atoms with Crippen LogP contribution in [0.15, 0.2) is 0 Å². The second-order valence-corrected chi connectivity index (χ2v) is 6.95. The van der Waals surface area contributed by atoms with E-state index in [-0.39, 0.29) is 16.6 Å². The Hall–Kier alpha value is -0.370. The molecule has 2 aliphatic rings. The lowest BCUT2D eigenvalue weighted by atomic mass is 9.55. The van der Waals surface area contributed by atoms with Gasteiger partial charge in [0.15, 0.2) is 5.78 Å². The van der Waals surface area contributed by atoms with Crippen LogP contribution in [0.3, 0.4) is 0 Å². The minimum absolute atomic E-state index is 0.0534. The average Bonchev–Trinajstić information content (AvgIpc) is 2.27. The van der Waals surface area contributed by atoms with E-state index in [0.717, 1.165) is 19.3 Å². The molecule has 0 aliphatic heterocycles. The first-order valence-electron chi connectivity index (χ1n) is 6.47. The molecule has 2 saturated carbocycles. The molecule has 2 fully saturated rings. The third kappa shape index (κ3) is 1.46. The summed E-state index contributed by atoms with van der Waals surface area (Å²) in [5, 5.41) is 10.6. The number of Topliss-reactive ketones (excluding diaryl/α,β-unsaturated/α-hetero) is 1.